The Morgan fingerprint density at radius 1 is 1.14 bits per heavy atom. The van der Waals surface area contributed by atoms with E-state index < -0.39 is 0 Å². The number of rotatable bonds is 0. The molecule has 3 nitrogen and oxygen atoms in total. The first kappa shape index (κ1) is 25.4. The Morgan fingerprint density at radius 2 is 1.14 bits per heavy atom. The Kier molecular flexibility index (Phi) is 57.8. The van der Waals surface area contributed by atoms with Crippen molar-refractivity contribution in [1.29, 1.82) is 0 Å². The Labute approximate surface area is 59.5 Å². The van der Waals surface area contributed by atoms with Gasteiger partial charge in [-0.05, 0) is 13.8 Å². The van der Waals surface area contributed by atoms with Crippen molar-refractivity contribution in [3.8, 4) is 0 Å². The second-order valence-electron chi connectivity index (χ2n) is 1.09. The van der Waals surface area contributed by atoms with Crippen molar-refractivity contribution in [3.63, 3.8) is 0 Å². The minimum absolute atomic E-state index is 0. The topological polar surface area (TPSA) is 80.2 Å². The minimum atomic E-state index is -0.167. The summed E-state index contributed by atoms with van der Waals surface area (Å²) in [5.41, 5.74) is 0. The maximum atomic E-state index is 8.06. The van der Waals surface area contributed by atoms with E-state index in [0.29, 0.717) is 0 Å². The van der Waals surface area contributed by atoms with Crippen molar-refractivity contribution in [2.24, 2.45) is 0 Å². The first-order valence-electron chi connectivity index (χ1n) is 1.41. The van der Waals surface area contributed by atoms with Crippen LogP contribution in [0.25, 0.3) is 0 Å². The second-order valence-corrected chi connectivity index (χ2v) is 1.09. The molecule has 0 fully saturated rings. The number of aliphatic hydroxyl groups excluding tert-OH is 1. The molecule has 42 valence electrons. The number of hydrogen-bond donors (Lipinski definition) is 1. The Balaban J connectivity index is -0.0000000150. The van der Waals surface area contributed by atoms with Gasteiger partial charge in [0.2, 0.25) is 0 Å². The van der Waals surface area contributed by atoms with Crippen LogP contribution in [0.1, 0.15) is 13.8 Å². The molecule has 0 amide bonds. The molecule has 0 aliphatic carbocycles. The summed E-state index contributed by atoms with van der Waals surface area (Å²) in [6.07, 6.45) is -0.167. The molecule has 0 aliphatic heterocycles. The SMILES string of the molecule is CC(C)O.[Mg+2].[OH-].[OH-]. The van der Waals surface area contributed by atoms with E-state index in [2.05, 4.69) is 0 Å². The zero-order chi connectivity index (χ0) is 3.58. The third kappa shape index (κ3) is 344. The summed E-state index contributed by atoms with van der Waals surface area (Å²) < 4.78 is 0. The van der Waals surface area contributed by atoms with E-state index >= 15 is 0 Å². The summed E-state index contributed by atoms with van der Waals surface area (Å²) in [4.78, 5) is 0. The van der Waals surface area contributed by atoms with Crippen molar-refractivity contribution in [3.05, 3.63) is 0 Å². The molecule has 0 saturated heterocycles. The van der Waals surface area contributed by atoms with Crippen molar-refractivity contribution in [2.75, 3.05) is 0 Å². The third-order valence-corrected chi connectivity index (χ3v) is 0. The molecule has 0 saturated carbocycles. The van der Waals surface area contributed by atoms with Crippen LogP contribution in [0.2, 0.25) is 0 Å². The van der Waals surface area contributed by atoms with E-state index in [4.69, 9.17) is 5.11 Å². The molecule has 3 N–H and O–H groups in total. The smallest absolute Gasteiger partial charge is 0.870 e. The van der Waals surface area contributed by atoms with E-state index in [0.717, 1.165) is 0 Å². The predicted octanol–water partition coefficient (Wildman–Crippen LogP) is -0.347. The number of aliphatic hydroxyl groups is 1. The molecule has 0 unspecified atom stereocenters. The van der Waals surface area contributed by atoms with Gasteiger partial charge in [0, 0.05) is 6.10 Å². The van der Waals surface area contributed by atoms with Gasteiger partial charge < -0.3 is 16.1 Å². The molecule has 0 rings (SSSR count). The molecule has 0 heterocycles. The monoisotopic (exact) mass is 118 g/mol. The fourth-order valence-corrected chi connectivity index (χ4v) is 0. The van der Waals surface area contributed by atoms with Crippen LogP contribution in [0.4, 0.5) is 0 Å². The predicted molar refractivity (Wildman–Crippen MR) is 27.0 cm³/mol. The maximum Gasteiger partial charge on any atom is 2.00 e. The van der Waals surface area contributed by atoms with E-state index in [1.54, 1.807) is 13.8 Å². The largest absolute Gasteiger partial charge is 2.00 e. The maximum absolute atomic E-state index is 8.06. The van der Waals surface area contributed by atoms with Gasteiger partial charge in [-0.1, -0.05) is 0 Å². The molecule has 4 heteroatoms. The molecule has 0 atom stereocenters. The van der Waals surface area contributed by atoms with Gasteiger partial charge in [-0.15, -0.1) is 0 Å². The molecule has 0 bridgehead atoms. The summed E-state index contributed by atoms with van der Waals surface area (Å²) in [7, 11) is 0. The molecule has 0 spiro atoms. The van der Waals surface area contributed by atoms with Crippen molar-refractivity contribution in [1.82, 2.24) is 0 Å². The van der Waals surface area contributed by atoms with Gasteiger partial charge in [0.05, 0.1) is 0 Å². The number of hydrogen-bond acceptors (Lipinski definition) is 3. The van der Waals surface area contributed by atoms with Gasteiger partial charge in [0.25, 0.3) is 0 Å². The minimum Gasteiger partial charge on any atom is -0.870 e. The van der Waals surface area contributed by atoms with Crippen LogP contribution < -0.4 is 0 Å². The average Bonchev–Trinajstić information content (AvgIpc) is 0.811. The average molecular weight is 118 g/mol. The van der Waals surface area contributed by atoms with Crippen LogP contribution in [-0.2, 0) is 0 Å². The second kappa shape index (κ2) is 15.9. The molecule has 0 aromatic carbocycles. The Bertz CT molecular complexity index is 14.9. The molecule has 7 heavy (non-hydrogen) atoms. The van der Waals surface area contributed by atoms with Gasteiger partial charge in [-0.25, -0.2) is 0 Å². The summed E-state index contributed by atoms with van der Waals surface area (Å²) >= 11 is 0. The Hall–Kier alpha value is 0.646. The van der Waals surface area contributed by atoms with Gasteiger partial charge in [0.15, 0.2) is 0 Å². The van der Waals surface area contributed by atoms with Crippen LogP contribution in [0.5, 0.6) is 0 Å². The normalized spacial score (nSPS) is 5.14. The van der Waals surface area contributed by atoms with Crippen molar-refractivity contribution < 1.29 is 16.1 Å². The van der Waals surface area contributed by atoms with Crippen molar-refractivity contribution in [2.45, 2.75) is 20.0 Å². The summed E-state index contributed by atoms with van der Waals surface area (Å²) in [5.74, 6) is 0. The van der Waals surface area contributed by atoms with Crippen LogP contribution in [-0.4, -0.2) is 45.2 Å². The van der Waals surface area contributed by atoms with Gasteiger partial charge in [0.1, 0.15) is 0 Å². The molecule has 0 aliphatic rings. The standard InChI is InChI=1S/C3H8O.Mg.2H2O/c1-3(2)4;;;/h3-4H,1-2H3;;2*1H2/q;+2;;/p-2. The van der Waals surface area contributed by atoms with E-state index in [-0.39, 0.29) is 40.1 Å². The van der Waals surface area contributed by atoms with Crippen LogP contribution in [0.15, 0.2) is 0 Å². The molecular weight excluding hydrogens is 108 g/mol. The van der Waals surface area contributed by atoms with Gasteiger partial charge >= 0.3 is 23.1 Å². The van der Waals surface area contributed by atoms with Crippen molar-refractivity contribution >= 4 is 23.1 Å². The van der Waals surface area contributed by atoms with Crippen LogP contribution in [0, 0.1) is 0 Å². The zero-order valence-electron chi connectivity index (χ0n) is 4.63. The first-order chi connectivity index (χ1) is 1.73. The van der Waals surface area contributed by atoms with E-state index in [1.807, 2.05) is 0 Å². The fourth-order valence-electron chi connectivity index (χ4n) is 0. The van der Waals surface area contributed by atoms with Crippen LogP contribution >= 0.6 is 0 Å². The summed E-state index contributed by atoms with van der Waals surface area (Å²) in [6, 6.07) is 0. The molecule has 0 aromatic rings. The fraction of sp³-hybridized carbons (Fsp3) is 1.00. The van der Waals surface area contributed by atoms with Gasteiger partial charge in [-0.3, -0.25) is 0 Å². The third-order valence-electron chi connectivity index (χ3n) is 0. The van der Waals surface area contributed by atoms with E-state index in [1.165, 1.54) is 0 Å². The van der Waals surface area contributed by atoms with Crippen LogP contribution in [0.3, 0.4) is 0 Å². The first-order valence-corrected chi connectivity index (χ1v) is 1.41. The molecule has 0 aromatic heterocycles. The van der Waals surface area contributed by atoms with E-state index in [9.17, 15) is 0 Å². The quantitative estimate of drug-likeness (QED) is 0.442. The van der Waals surface area contributed by atoms with Gasteiger partial charge in [-0.2, -0.15) is 0 Å². The molecular formula is C3H10MgO3. The molecule has 0 radical (unpaired) electrons. The Morgan fingerprint density at radius 3 is 1.14 bits per heavy atom. The zero-order valence-corrected chi connectivity index (χ0v) is 6.04. The summed E-state index contributed by atoms with van der Waals surface area (Å²) in [5, 5.41) is 8.06. The summed E-state index contributed by atoms with van der Waals surface area (Å²) in [6.45, 7) is 3.44.